The molecule has 0 radical (unpaired) electrons. The molecule has 1 heterocycles. The molecule has 1 aliphatic heterocycles. The van der Waals surface area contributed by atoms with Crippen LogP contribution in [0, 0.1) is 11.8 Å². The van der Waals surface area contributed by atoms with Gasteiger partial charge in [0.25, 0.3) is 5.91 Å². The molecule has 0 bridgehead atoms. The Hall–Kier alpha value is -2.21. The minimum absolute atomic E-state index is 0.0112. The van der Waals surface area contributed by atoms with Gasteiger partial charge >= 0.3 is 0 Å². The minimum Gasteiger partial charge on any atom is -0.368 e. The van der Waals surface area contributed by atoms with Gasteiger partial charge in [-0.05, 0) is 49.6 Å². The molecular formula is C20H25N3O3. The second-order valence-electron chi connectivity index (χ2n) is 7.87. The van der Waals surface area contributed by atoms with Crippen LogP contribution in [0.5, 0.6) is 0 Å². The fourth-order valence-electron chi connectivity index (χ4n) is 4.92. The van der Waals surface area contributed by atoms with E-state index in [9.17, 15) is 14.4 Å². The third-order valence-corrected chi connectivity index (χ3v) is 6.30. The maximum Gasteiger partial charge on any atom is 0.288 e. The van der Waals surface area contributed by atoms with Gasteiger partial charge in [0.05, 0.1) is 5.92 Å². The van der Waals surface area contributed by atoms with Crippen molar-refractivity contribution in [2.45, 2.75) is 49.6 Å². The van der Waals surface area contributed by atoms with E-state index in [1.807, 2.05) is 30.3 Å². The molecule has 0 spiro atoms. The molecule has 6 heteroatoms. The van der Waals surface area contributed by atoms with Crippen LogP contribution in [0.15, 0.2) is 30.3 Å². The number of fused-ring (bicyclic) bond motifs is 1. The highest BCUT2D eigenvalue weighted by atomic mass is 16.2. The maximum atomic E-state index is 13.2. The zero-order valence-corrected chi connectivity index (χ0v) is 14.7. The first-order chi connectivity index (χ1) is 12.5. The molecule has 6 nitrogen and oxygen atoms in total. The van der Waals surface area contributed by atoms with Gasteiger partial charge in [0.1, 0.15) is 5.54 Å². The number of nitrogens with two attached hydrogens (primary N) is 1. The van der Waals surface area contributed by atoms with Gasteiger partial charge in [0, 0.05) is 6.04 Å². The van der Waals surface area contributed by atoms with Crippen molar-refractivity contribution in [3.8, 4) is 0 Å². The molecule has 1 aromatic carbocycles. The standard InChI is InChI=1S/C20H25N3O3/c21-19(26)20(15-8-4-7-13(15)11-22-20)16(12-5-2-1-3-6-12)17(24)18(25)23-14-9-10-14/h1-3,5-6,13-16,22H,4,7-11H2,(H2,21,26)(H,23,25)/t13?,15?,16-,20?/m1/s1. The zero-order chi connectivity index (χ0) is 18.3. The predicted molar refractivity (Wildman–Crippen MR) is 96.1 cm³/mol. The van der Waals surface area contributed by atoms with E-state index in [0.29, 0.717) is 18.0 Å². The number of primary amides is 1. The molecule has 26 heavy (non-hydrogen) atoms. The van der Waals surface area contributed by atoms with Crippen LogP contribution in [0.4, 0.5) is 0 Å². The first-order valence-electron chi connectivity index (χ1n) is 9.48. The van der Waals surface area contributed by atoms with Crippen LogP contribution >= 0.6 is 0 Å². The summed E-state index contributed by atoms with van der Waals surface area (Å²) in [5, 5.41) is 6.07. The second kappa shape index (κ2) is 6.50. The molecule has 4 rings (SSSR count). The van der Waals surface area contributed by atoms with Crippen molar-refractivity contribution in [2.75, 3.05) is 6.54 Å². The molecule has 3 aliphatic rings. The lowest BCUT2D eigenvalue weighted by molar-refractivity contribution is -0.142. The van der Waals surface area contributed by atoms with E-state index >= 15 is 0 Å². The number of nitrogens with one attached hydrogen (secondary N) is 2. The molecule has 2 saturated carbocycles. The van der Waals surface area contributed by atoms with Crippen LogP contribution in [0.1, 0.15) is 43.6 Å². The molecule has 1 saturated heterocycles. The number of ketones is 1. The Morgan fingerprint density at radius 3 is 2.50 bits per heavy atom. The van der Waals surface area contributed by atoms with Crippen molar-refractivity contribution in [1.82, 2.24) is 10.6 Å². The average Bonchev–Trinajstić information content (AvgIpc) is 3.18. The summed E-state index contributed by atoms with van der Waals surface area (Å²) in [6, 6.07) is 9.20. The highest BCUT2D eigenvalue weighted by molar-refractivity contribution is 6.39. The van der Waals surface area contributed by atoms with E-state index in [1.54, 1.807) is 0 Å². The Kier molecular flexibility index (Phi) is 4.31. The average molecular weight is 355 g/mol. The Balaban J connectivity index is 1.77. The summed E-state index contributed by atoms with van der Waals surface area (Å²) in [5.74, 6) is -2.29. The van der Waals surface area contributed by atoms with Crippen LogP contribution in [-0.2, 0) is 14.4 Å². The Morgan fingerprint density at radius 1 is 1.12 bits per heavy atom. The predicted octanol–water partition coefficient (Wildman–Crippen LogP) is 0.861. The van der Waals surface area contributed by atoms with E-state index in [1.165, 1.54) is 0 Å². The first kappa shape index (κ1) is 17.2. The SMILES string of the molecule is NC(=O)C1([C@@H](C(=O)C(=O)NC2CC2)c2ccccc2)NCC2CCCC21. The summed E-state index contributed by atoms with van der Waals surface area (Å²) in [6.07, 6.45) is 4.70. The molecule has 3 fully saturated rings. The molecule has 4 atom stereocenters. The Morgan fingerprint density at radius 2 is 1.85 bits per heavy atom. The number of benzene rings is 1. The third-order valence-electron chi connectivity index (χ3n) is 6.30. The lowest BCUT2D eigenvalue weighted by Gasteiger charge is -2.38. The number of rotatable bonds is 6. The fraction of sp³-hybridized carbons (Fsp3) is 0.550. The Labute approximate surface area is 152 Å². The van der Waals surface area contributed by atoms with E-state index in [0.717, 1.165) is 32.1 Å². The number of hydrogen-bond donors (Lipinski definition) is 3. The molecule has 138 valence electrons. The van der Waals surface area contributed by atoms with Crippen LogP contribution in [0.2, 0.25) is 0 Å². The van der Waals surface area contributed by atoms with E-state index in [-0.39, 0.29) is 12.0 Å². The van der Waals surface area contributed by atoms with E-state index in [4.69, 9.17) is 5.73 Å². The molecule has 4 N–H and O–H groups in total. The molecule has 2 aliphatic carbocycles. The molecule has 1 aromatic rings. The van der Waals surface area contributed by atoms with Gasteiger partial charge < -0.3 is 16.4 Å². The monoisotopic (exact) mass is 355 g/mol. The number of amides is 2. The van der Waals surface area contributed by atoms with E-state index in [2.05, 4.69) is 10.6 Å². The fourth-order valence-corrected chi connectivity index (χ4v) is 4.92. The van der Waals surface area contributed by atoms with Crippen molar-refractivity contribution in [3.63, 3.8) is 0 Å². The van der Waals surface area contributed by atoms with Crippen LogP contribution in [0.3, 0.4) is 0 Å². The summed E-state index contributed by atoms with van der Waals surface area (Å²) in [7, 11) is 0. The van der Waals surface area contributed by atoms with Gasteiger partial charge in [-0.3, -0.25) is 14.4 Å². The van der Waals surface area contributed by atoms with Crippen molar-refractivity contribution >= 4 is 17.6 Å². The van der Waals surface area contributed by atoms with Crippen LogP contribution in [-0.4, -0.2) is 35.7 Å². The van der Waals surface area contributed by atoms with Crippen LogP contribution in [0.25, 0.3) is 0 Å². The highest BCUT2D eigenvalue weighted by Gasteiger charge is 2.61. The van der Waals surface area contributed by atoms with Gasteiger partial charge in [0.2, 0.25) is 11.7 Å². The summed E-state index contributed by atoms with van der Waals surface area (Å²) in [4.78, 5) is 38.5. The Bertz CT molecular complexity index is 731. The zero-order valence-electron chi connectivity index (χ0n) is 14.7. The first-order valence-corrected chi connectivity index (χ1v) is 9.48. The maximum absolute atomic E-state index is 13.2. The number of carbonyl (C=O) groups excluding carboxylic acids is 3. The van der Waals surface area contributed by atoms with Gasteiger partial charge in [-0.25, -0.2) is 0 Å². The minimum atomic E-state index is -1.19. The van der Waals surface area contributed by atoms with Gasteiger partial charge in [0.15, 0.2) is 0 Å². The van der Waals surface area contributed by atoms with Crippen molar-refractivity contribution in [3.05, 3.63) is 35.9 Å². The van der Waals surface area contributed by atoms with Crippen molar-refractivity contribution in [1.29, 1.82) is 0 Å². The summed E-state index contributed by atoms with van der Waals surface area (Å²) in [5.41, 5.74) is 5.37. The lowest BCUT2D eigenvalue weighted by atomic mass is 9.68. The topological polar surface area (TPSA) is 101 Å². The molecule has 2 amide bonds. The van der Waals surface area contributed by atoms with Gasteiger partial charge in [-0.15, -0.1) is 0 Å². The number of carbonyl (C=O) groups is 3. The number of hydrogen-bond acceptors (Lipinski definition) is 4. The van der Waals surface area contributed by atoms with Crippen LogP contribution < -0.4 is 16.4 Å². The second-order valence-corrected chi connectivity index (χ2v) is 7.87. The van der Waals surface area contributed by atoms with Crippen molar-refractivity contribution in [2.24, 2.45) is 17.6 Å². The highest BCUT2D eigenvalue weighted by Crippen LogP contribution is 2.49. The number of Topliss-reactive ketones (excluding diaryl/α,β-unsaturated/α-hetero) is 1. The molecule has 0 aromatic heterocycles. The normalized spacial score (nSPS) is 31.2. The largest absolute Gasteiger partial charge is 0.368 e. The van der Waals surface area contributed by atoms with Gasteiger partial charge in [-0.2, -0.15) is 0 Å². The van der Waals surface area contributed by atoms with Gasteiger partial charge in [-0.1, -0.05) is 36.8 Å². The van der Waals surface area contributed by atoms with E-state index < -0.39 is 29.1 Å². The summed E-state index contributed by atoms with van der Waals surface area (Å²) in [6.45, 7) is 0.661. The third kappa shape index (κ3) is 2.72. The smallest absolute Gasteiger partial charge is 0.288 e. The molecule has 3 unspecified atom stereocenters. The lowest BCUT2D eigenvalue weighted by Crippen LogP contribution is -2.62. The summed E-state index contributed by atoms with van der Waals surface area (Å²) < 4.78 is 0. The quantitative estimate of drug-likeness (QED) is 0.659. The van der Waals surface area contributed by atoms with Crippen molar-refractivity contribution < 1.29 is 14.4 Å². The summed E-state index contributed by atoms with van der Waals surface area (Å²) >= 11 is 0. The molecular weight excluding hydrogens is 330 g/mol.